The molecule has 0 spiro atoms. The molecule has 0 bridgehead atoms. The predicted molar refractivity (Wildman–Crippen MR) is 93.6 cm³/mol. The summed E-state index contributed by atoms with van der Waals surface area (Å²) >= 11 is 3.52. The molecule has 1 unspecified atom stereocenters. The molecule has 0 amide bonds. The Labute approximate surface area is 142 Å². The Morgan fingerprint density at radius 2 is 2.04 bits per heavy atom. The van der Waals surface area contributed by atoms with E-state index >= 15 is 0 Å². The molecule has 0 N–H and O–H groups in total. The van der Waals surface area contributed by atoms with Crippen LogP contribution in [-0.4, -0.2) is 21.1 Å². The van der Waals surface area contributed by atoms with Crippen LogP contribution in [0.2, 0.25) is 0 Å². The minimum absolute atomic E-state index is 0.115. The van der Waals surface area contributed by atoms with Gasteiger partial charge in [-0.1, -0.05) is 28.1 Å². The molecule has 0 saturated carbocycles. The Morgan fingerprint density at radius 3 is 2.78 bits per heavy atom. The van der Waals surface area contributed by atoms with E-state index < -0.39 is 0 Å². The second-order valence-corrected chi connectivity index (χ2v) is 6.38. The zero-order valence-electron chi connectivity index (χ0n) is 12.9. The lowest BCUT2D eigenvalue weighted by Crippen LogP contribution is -2.25. The van der Waals surface area contributed by atoms with Crippen LogP contribution in [0.1, 0.15) is 24.5 Å². The summed E-state index contributed by atoms with van der Waals surface area (Å²) in [5, 5.41) is 0.482. The fraction of sp³-hybridized carbons (Fsp3) is 0.235. The summed E-state index contributed by atoms with van der Waals surface area (Å²) < 4.78 is 7.27. The molecule has 1 atom stereocenters. The molecule has 3 aromatic rings. The molecule has 1 aromatic carbocycles. The molecule has 0 radical (unpaired) electrons. The topological polar surface area (TPSA) is 57.0 Å². The molecule has 0 aliphatic carbocycles. The predicted octanol–water partition coefficient (Wildman–Crippen LogP) is 3.64. The van der Waals surface area contributed by atoms with Gasteiger partial charge in [0.15, 0.2) is 5.65 Å². The maximum absolute atomic E-state index is 13.0. The maximum Gasteiger partial charge on any atom is 0.267 e. The van der Waals surface area contributed by atoms with Crippen LogP contribution in [0, 0.1) is 0 Å². The summed E-state index contributed by atoms with van der Waals surface area (Å²) in [5.74, 6) is 1.24. The average Bonchev–Trinajstić information content (AvgIpc) is 2.56. The van der Waals surface area contributed by atoms with Crippen molar-refractivity contribution in [2.75, 3.05) is 6.61 Å². The van der Waals surface area contributed by atoms with Gasteiger partial charge in [-0.2, -0.15) is 0 Å². The fourth-order valence-corrected chi connectivity index (χ4v) is 2.76. The standard InChI is InChI=1S/C17H16BrN3O2/c1-3-23-14-9-5-4-8-13(14)21-16(11(2)18)20-15-12(17(21)22)7-6-10-19-15/h4-11H,3H2,1-2H3. The Bertz CT molecular complexity index is 906. The van der Waals surface area contributed by atoms with Gasteiger partial charge in [0.05, 0.1) is 22.5 Å². The van der Waals surface area contributed by atoms with Crippen molar-refractivity contribution in [3.8, 4) is 11.4 Å². The molecule has 0 aliphatic heterocycles. The molecule has 2 aromatic heterocycles. The van der Waals surface area contributed by atoms with Crippen molar-refractivity contribution in [3.05, 3.63) is 58.8 Å². The van der Waals surface area contributed by atoms with E-state index in [2.05, 4.69) is 25.9 Å². The lowest BCUT2D eigenvalue weighted by molar-refractivity contribution is 0.338. The second-order valence-electron chi connectivity index (χ2n) is 5.00. The van der Waals surface area contributed by atoms with E-state index in [9.17, 15) is 4.79 Å². The Balaban J connectivity index is 2.39. The van der Waals surface area contributed by atoms with E-state index in [0.717, 1.165) is 0 Å². The van der Waals surface area contributed by atoms with Crippen molar-refractivity contribution in [2.45, 2.75) is 18.7 Å². The summed E-state index contributed by atoms with van der Waals surface area (Å²) in [7, 11) is 0. The van der Waals surface area contributed by atoms with Gasteiger partial charge in [-0.15, -0.1) is 0 Å². The first-order chi connectivity index (χ1) is 11.1. The zero-order valence-corrected chi connectivity index (χ0v) is 14.4. The highest BCUT2D eigenvalue weighted by molar-refractivity contribution is 9.09. The highest BCUT2D eigenvalue weighted by Gasteiger charge is 2.18. The van der Waals surface area contributed by atoms with Crippen LogP contribution < -0.4 is 10.3 Å². The van der Waals surface area contributed by atoms with Crippen LogP contribution in [0.3, 0.4) is 0 Å². The van der Waals surface area contributed by atoms with Gasteiger partial charge in [-0.25, -0.2) is 9.97 Å². The maximum atomic E-state index is 13.0. The Kier molecular flexibility index (Phi) is 4.43. The Hall–Kier alpha value is -2.21. The largest absolute Gasteiger partial charge is 0.492 e. The second kappa shape index (κ2) is 6.50. The van der Waals surface area contributed by atoms with E-state index in [4.69, 9.17) is 4.74 Å². The van der Waals surface area contributed by atoms with Crippen molar-refractivity contribution in [1.82, 2.24) is 14.5 Å². The molecule has 2 heterocycles. The smallest absolute Gasteiger partial charge is 0.267 e. The fourth-order valence-electron chi connectivity index (χ4n) is 2.46. The van der Waals surface area contributed by atoms with Gasteiger partial charge in [-0.3, -0.25) is 9.36 Å². The van der Waals surface area contributed by atoms with Gasteiger partial charge in [0.2, 0.25) is 0 Å². The van der Waals surface area contributed by atoms with E-state index in [1.165, 1.54) is 0 Å². The molecule has 23 heavy (non-hydrogen) atoms. The van der Waals surface area contributed by atoms with E-state index in [1.54, 1.807) is 22.9 Å². The molecule has 0 aliphatic rings. The first kappa shape index (κ1) is 15.7. The number of rotatable bonds is 4. The third kappa shape index (κ3) is 2.86. The van der Waals surface area contributed by atoms with Gasteiger partial charge in [0.1, 0.15) is 11.6 Å². The minimum atomic E-state index is -0.156. The summed E-state index contributed by atoms with van der Waals surface area (Å²) in [5.41, 5.74) is 0.972. The van der Waals surface area contributed by atoms with Gasteiger partial charge in [-0.05, 0) is 38.1 Å². The summed E-state index contributed by atoms with van der Waals surface area (Å²) in [6, 6.07) is 10.9. The Morgan fingerprint density at radius 1 is 1.26 bits per heavy atom. The number of fused-ring (bicyclic) bond motifs is 1. The number of hydrogen-bond donors (Lipinski definition) is 0. The van der Waals surface area contributed by atoms with Crippen molar-refractivity contribution in [2.24, 2.45) is 0 Å². The number of pyridine rings is 1. The number of benzene rings is 1. The monoisotopic (exact) mass is 373 g/mol. The zero-order chi connectivity index (χ0) is 16.4. The summed E-state index contributed by atoms with van der Waals surface area (Å²) in [6.07, 6.45) is 1.63. The lowest BCUT2D eigenvalue weighted by Gasteiger charge is -2.17. The number of alkyl halides is 1. The van der Waals surface area contributed by atoms with Crippen LogP contribution in [-0.2, 0) is 0 Å². The number of hydrogen-bond acceptors (Lipinski definition) is 4. The van der Waals surface area contributed by atoms with Gasteiger partial charge in [0, 0.05) is 6.20 Å². The van der Waals surface area contributed by atoms with Gasteiger partial charge in [0.25, 0.3) is 5.56 Å². The highest BCUT2D eigenvalue weighted by atomic mass is 79.9. The van der Waals surface area contributed by atoms with Crippen LogP contribution in [0.15, 0.2) is 47.4 Å². The van der Waals surface area contributed by atoms with Gasteiger partial charge < -0.3 is 4.74 Å². The van der Waals surface area contributed by atoms with Crippen molar-refractivity contribution in [3.63, 3.8) is 0 Å². The highest BCUT2D eigenvalue weighted by Crippen LogP contribution is 2.27. The van der Waals surface area contributed by atoms with Crippen LogP contribution in [0.4, 0.5) is 0 Å². The molecule has 6 heteroatoms. The molecule has 3 rings (SSSR count). The molecule has 118 valence electrons. The normalized spacial score (nSPS) is 12.3. The van der Waals surface area contributed by atoms with E-state index in [1.807, 2.05) is 38.1 Å². The molecule has 0 fully saturated rings. The first-order valence-electron chi connectivity index (χ1n) is 7.37. The van der Waals surface area contributed by atoms with Crippen LogP contribution >= 0.6 is 15.9 Å². The minimum Gasteiger partial charge on any atom is -0.492 e. The SMILES string of the molecule is CCOc1ccccc1-n1c(C(C)Br)nc2ncccc2c1=O. The van der Waals surface area contributed by atoms with Crippen molar-refractivity contribution >= 4 is 27.0 Å². The number of aromatic nitrogens is 3. The van der Waals surface area contributed by atoms with Crippen LogP contribution in [0.5, 0.6) is 5.75 Å². The van der Waals surface area contributed by atoms with Crippen LogP contribution in [0.25, 0.3) is 16.7 Å². The summed E-state index contributed by atoms with van der Waals surface area (Å²) in [4.78, 5) is 21.7. The molecule has 0 saturated heterocycles. The number of para-hydroxylation sites is 2. The lowest BCUT2D eigenvalue weighted by atomic mass is 10.2. The molecular formula is C17H16BrN3O2. The first-order valence-corrected chi connectivity index (χ1v) is 8.29. The third-order valence-corrected chi connectivity index (χ3v) is 3.84. The van der Waals surface area contributed by atoms with Gasteiger partial charge >= 0.3 is 0 Å². The van der Waals surface area contributed by atoms with E-state index in [0.29, 0.717) is 34.9 Å². The third-order valence-electron chi connectivity index (χ3n) is 3.43. The number of nitrogens with zero attached hydrogens (tertiary/aromatic N) is 3. The van der Waals surface area contributed by atoms with Crippen molar-refractivity contribution in [1.29, 1.82) is 0 Å². The quantitative estimate of drug-likeness (QED) is 0.655. The number of ether oxygens (including phenoxy) is 1. The van der Waals surface area contributed by atoms with Crippen molar-refractivity contribution < 1.29 is 4.74 Å². The summed E-state index contributed by atoms with van der Waals surface area (Å²) in [6.45, 7) is 4.36. The average molecular weight is 374 g/mol. The molecule has 5 nitrogen and oxygen atoms in total. The van der Waals surface area contributed by atoms with E-state index in [-0.39, 0.29) is 10.4 Å². The number of halogens is 1. The molecular weight excluding hydrogens is 358 g/mol.